The number of likely N-dealkylation sites (N-methyl/N-ethyl adjacent to an activating group) is 2. The first kappa shape index (κ1) is 13.8. The number of amides is 1. The largest absolute Gasteiger partial charge is 0.383 e. The van der Waals surface area contributed by atoms with Gasteiger partial charge in [-0.25, -0.2) is 0 Å². The summed E-state index contributed by atoms with van der Waals surface area (Å²) in [7, 11) is 5.52. The number of hydrogen-bond acceptors (Lipinski definition) is 4. The molecule has 0 saturated carbocycles. The van der Waals surface area contributed by atoms with E-state index < -0.39 is 0 Å². The number of nitrogens with zero attached hydrogens (tertiary/aromatic N) is 1. The molecule has 0 spiro atoms. The van der Waals surface area contributed by atoms with Gasteiger partial charge >= 0.3 is 0 Å². The van der Waals surface area contributed by atoms with E-state index in [4.69, 9.17) is 4.74 Å². The molecule has 2 N–H and O–H groups in total. The topological polar surface area (TPSA) is 53.6 Å². The number of methoxy groups -OCH3 is 1. The summed E-state index contributed by atoms with van der Waals surface area (Å²) in [6, 6.07) is 6.08. The van der Waals surface area contributed by atoms with Crippen LogP contribution >= 0.6 is 0 Å². The second kappa shape index (κ2) is 5.59. The third-order valence-electron chi connectivity index (χ3n) is 3.63. The van der Waals surface area contributed by atoms with Crippen LogP contribution in [0, 0.1) is 0 Å². The molecule has 0 fully saturated rings. The highest BCUT2D eigenvalue weighted by Gasteiger charge is 2.29. The number of ether oxygens (including phenoxy) is 1. The lowest BCUT2D eigenvalue weighted by Gasteiger charge is -2.27. The molecule has 2 rings (SSSR count). The molecule has 0 radical (unpaired) electrons. The quantitative estimate of drug-likeness (QED) is 0.842. The molecule has 1 aromatic rings. The molecule has 0 saturated heterocycles. The van der Waals surface area contributed by atoms with E-state index in [-0.39, 0.29) is 18.0 Å². The van der Waals surface area contributed by atoms with Gasteiger partial charge in [0.15, 0.2) is 0 Å². The van der Waals surface area contributed by atoms with Crippen molar-refractivity contribution in [2.75, 3.05) is 38.0 Å². The van der Waals surface area contributed by atoms with E-state index in [1.165, 1.54) is 0 Å². The predicted molar refractivity (Wildman–Crippen MR) is 76.6 cm³/mol. The van der Waals surface area contributed by atoms with E-state index >= 15 is 0 Å². The summed E-state index contributed by atoms with van der Waals surface area (Å²) in [6.07, 6.45) is 0. The van der Waals surface area contributed by atoms with Crippen molar-refractivity contribution in [3.05, 3.63) is 23.8 Å². The van der Waals surface area contributed by atoms with E-state index in [0.29, 0.717) is 6.61 Å². The van der Waals surface area contributed by atoms with Crippen molar-refractivity contribution in [2.45, 2.75) is 19.0 Å². The second-order valence-electron chi connectivity index (χ2n) is 4.90. The molecule has 0 aromatic heterocycles. The number of hydrogen-bond donors (Lipinski definition) is 2. The maximum Gasteiger partial charge on any atom is 0.246 e. The van der Waals surface area contributed by atoms with Gasteiger partial charge in [0.05, 0.1) is 6.61 Å². The van der Waals surface area contributed by atoms with Gasteiger partial charge in [0.25, 0.3) is 0 Å². The standard InChI is InChI=1S/C14H21N3O2/c1-9(8-19-4)17(3)10-5-6-11-12(7-10)16-14(18)13(11)15-2/h5-7,9,13,15H,8H2,1-4H3,(H,16,18). The van der Waals surface area contributed by atoms with Gasteiger partial charge in [-0.15, -0.1) is 0 Å². The van der Waals surface area contributed by atoms with Crippen LogP contribution in [0.15, 0.2) is 18.2 Å². The molecule has 1 aliphatic heterocycles. The van der Waals surface area contributed by atoms with E-state index in [2.05, 4.69) is 22.5 Å². The Bertz CT molecular complexity index is 476. The molecule has 2 atom stereocenters. The van der Waals surface area contributed by atoms with Crippen molar-refractivity contribution in [3.8, 4) is 0 Å². The van der Waals surface area contributed by atoms with Crippen LogP contribution in [0.4, 0.5) is 11.4 Å². The van der Waals surface area contributed by atoms with Crippen LogP contribution in [0.25, 0.3) is 0 Å². The molecule has 1 aliphatic rings. The molecule has 0 bridgehead atoms. The first-order valence-electron chi connectivity index (χ1n) is 6.42. The number of fused-ring (bicyclic) bond motifs is 1. The summed E-state index contributed by atoms with van der Waals surface area (Å²) >= 11 is 0. The molecule has 1 aromatic carbocycles. The Kier molecular flexibility index (Phi) is 4.07. The molecule has 2 unspecified atom stereocenters. The normalized spacial score (nSPS) is 18.9. The molecule has 5 nitrogen and oxygen atoms in total. The zero-order valence-corrected chi connectivity index (χ0v) is 11.9. The molecule has 5 heteroatoms. The van der Waals surface area contributed by atoms with Crippen LogP contribution < -0.4 is 15.5 Å². The Hall–Kier alpha value is -1.59. The Morgan fingerprint density at radius 2 is 2.26 bits per heavy atom. The molecule has 19 heavy (non-hydrogen) atoms. The van der Waals surface area contributed by atoms with Crippen LogP contribution in [-0.2, 0) is 9.53 Å². The van der Waals surface area contributed by atoms with E-state index in [1.54, 1.807) is 14.2 Å². The Balaban J connectivity index is 2.23. The van der Waals surface area contributed by atoms with Crippen LogP contribution in [0.3, 0.4) is 0 Å². The third-order valence-corrected chi connectivity index (χ3v) is 3.63. The Labute approximate surface area is 113 Å². The minimum Gasteiger partial charge on any atom is -0.383 e. The van der Waals surface area contributed by atoms with E-state index in [1.807, 2.05) is 25.2 Å². The number of nitrogens with one attached hydrogen (secondary N) is 2. The summed E-state index contributed by atoms with van der Waals surface area (Å²) in [5.74, 6) is 0.00208. The zero-order chi connectivity index (χ0) is 14.0. The van der Waals surface area contributed by atoms with Gasteiger partial charge in [0, 0.05) is 37.1 Å². The minimum absolute atomic E-state index is 0.00208. The highest BCUT2D eigenvalue weighted by molar-refractivity contribution is 6.03. The predicted octanol–water partition coefficient (Wildman–Crippen LogP) is 1.37. The number of carbonyl (C=O) groups is 1. The fraction of sp³-hybridized carbons (Fsp3) is 0.500. The van der Waals surface area contributed by atoms with Gasteiger partial charge in [0.2, 0.25) is 5.91 Å². The van der Waals surface area contributed by atoms with Gasteiger partial charge in [-0.05, 0) is 26.1 Å². The van der Waals surface area contributed by atoms with Gasteiger partial charge in [0.1, 0.15) is 6.04 Å². The van der Waals surface area contributed by atoms with Gasteiger partial charge in [-0.2, -0.15) is 0 Å². The number of rotatable bonds is 5. The highest BCUT2D eigenvalue weighted by Crippen LogP contribution is 2.33. The summed E-state index contributed by atoms with van der Waals surface area (Å²) < 4.78 is 5.17. The minimum atomic E-state index is -0.245. The smallest absolute Gasteiger partial charge is 0.246 e. The molecular formula is C14H21N3O2. The zero-order valence-electron chi connectivity index (χ0n) is 11.9. The molecule has 104 valence electrons. The van der Waals surface area contributed by atoms with Gasteiger partial charge in [-0.1, -0.05) is 6.07 Å². The lowest BCUT2D eigenvalue weighted by molar-refractivity contribution is -0.117. The second-order valence-corrected chi connectivity index (χ2v) is 4.90. The van der Waals surface area contributed by atoms with Gasteiger partial charge in [-0.3, -0.25) is 4.79 Å². The van der Waals surface area contributed by atoms with Crippen LogP contribution in [-0.4, -0.2) is 39.8 Å². The lowest BCUT2D eigenvalue weighted by atomic mass is 10.1. The fourth-order valence-electron chi connectivity index (χ4n) is 2.36. The van der Waals surface area contributed by atoms with Crippen molar-refractivity contribution in [3.63, 3.8) is 0 Å². The fourth-order valence-corrected chi connectivity index (χ4v) is 2.36. The van der Waals surface area contributed by atoms with Crippen molar-refractivity contribution >= 4 is 17.3 Å². The molecular weight excluding hydrogens is 242 g/mol. The summed E-state index contributed by atoms with van der Waals surface area (Å²) in [6.45, 7) is 2.77. The SMILES string of the molecule is CNC1C(=O)Nc2cc(N(C)C(C)COC)ccc21. The first-order valence-corrected chi connectivity index (χ1v) is 6.42. The highest BCUT2D eigenvalue weighted by atomic mass is 16.5. The van der Waals surface area contributed by atoms with Crippen molar-refractivity contribution in [1.29, 1.82) is 0 Å². The summed E-state index contributed by atoms with van der Waals surface area (Å²) in [5, 5.41) is 5.92. The van der Waals surface area contributed by atoms with Crippen LogP contribution in [0.5, 0.6) is 0 Å². The first-order chi connectivity index (χ1) is 9.08. The molecule has 1 heterocycles. The van der Waals surface area contributed by atoms with E-state index in [0.717, 1.165) is 16.9 Å². The van der Waals surface area contributed by atoms with Crippen molar-refractivity contribution in [2.24, 2.45) is 0 Å². The summed E-state index contributed by atoms with van der Waals surface area (Å²) in [4.78, 5) is 13.9. The van der Waals surface area contributed by atoms with Crippen molar-refractivity contribution in [1.82, 2.24) is 5.32 Å². The lowest BCUT2D eigenvalue weighted by Crippen LogP contribution is -2.32. The maximum absolute atomic E-state index is 11.8. The summed E-state index contributed by atoms with van der Waals surface area (Å²) in [5.41, 5.74) is 2.96. The average Bonchev–Trinajstić information content (AvgIpc) is 2.72. The maximum atomic E-state index is 11.8. The third kappa shape index (κ3) is 2.57. The number of carbonyl (C=O) groups excluding carboxylic acids is 1. The monoisotopic (exact) mass is 263 g/mol. The average molecular weight is 263 g/mol. The number of anilines is 2. The molecule has 1 amide bonds. The number of benzene rings is 1. The van der Waals surface area contributed by atoms with Crippen LogP contribution in [0.2, 0.25) is 0 Å². The Morgan fingerprint density at radius 3 is 2.89 bits per heavy atom. The van der Waals surface area contributed by atoms with Crippen LogP contribution in [0.1, 0.15) is 18.5 Å². The van der Waals surface area contributed by atoms with Gasteiger partial charge < -0.3 is 20.3 Å². The van der Waals surface area contributed by atoms with E-state index in [9.17, 15) is 4.79 Å². The Morgan fingerprint density at radius 1 is 1.53 bits per heavy atom. The van der Waals surface area contributed by atoms with Crippen molar-refractivity contribution < 1.29 is 9.53 Å². The molecule has 0 aliphatic carbocycles.